The van der Waals surface area contributed by atoms with Crippen LogP contribution in [0, 0.1) is 5.92 Å². The molecule has 1 amide bonds. The molecule has 0 bridgehead atoms. The summed E-state index contributed by atoms with van der Waals surface area (Å²) < 4.78 is 7.15. The van der Waals surface area contributed by atoms with Crippen molar-refractivity contribution in [1.29, 1.82) is 0 Å². The number of anilines is 1. The Morgan fingerprint density at radius 3 is 2.29 bits per heavy atom. The van der Waals surface area contributed by atoms with Gasteiger partial charge in [-0.3, -0.25) is 5.32 Å². The van der Waals surface area contributed by atoms with Crippen molar-refractivity contribution < 1.29 is 39.1 Å². The molecule has 1 atom stereocenters. The fourth-order valence-corrected chi connectivity index (χ4v) is 4.04. The van der Waals surface area contributed by atoms with Crippen LogP contribution in [0.3, 0.4) is 0 Å². The fourth-order valence-electron chi connectivity index (χ4n) is 3.75. The zero-order valence-corrected chi connectivity index (χ0v) is 21.9. The second-order valence-corrected chi connectivity index (χ2v) is 8.47. The number of benzene rings is 3. The van der Waals surface area contributed by atoms with Gasteiger partial charge in [0.2, 0.25) is 0 Å². The third-order valence-corrected chi connectivity index (χ3v) is 6.05. The molecule has 0 saturated heterocycles. The van der Waals surface area contributed by atoms with E-state index in [1.165, 1.54) is 24.0 Å². The number of ether oxygens (including phenoxy) is 1. The minimum Gasteiger partial charge on any atom is -0.441 e. The summed E-state index contributed by atoms with van der Waals surface area (Å²) in [6.45, 7) is 1.78. The standard InChI is InChI=1S/C27H23ClN3O2.Na/c1-18(24-4-2-3-5-25(24)28)33-27(32)29-26-16-17-31(30-26)23-14-12-22(13-15-23)21-10-8-20(9-11-21)19-6-7-19;/h2-5,8-18H,6-7H2,1H3,(H,29,30,32);/q-1;+1/t18-;/m1./s1. The Bertz CT molecular complexity index is 1270. The zero-order valence-electron chi connectivity index (χ0n) is 19.2. The molecular weight excluding hydrogens is 457 g/mol. The quantitative estimate of drug-likeness (QED) is 0.333. The summed E-state index contributed by atoms with van der Waals surface area (Å²) in [6.07, 6.45) is 3.19. The molecule has 1 aromatic heterocycles. The number of nitrogens with one attached hydrogen (secondary N) is 1. The molecule has 1 aliphatic rings. The van der Waals surface area contributed by atoms with E-state index in [0.29, 0.717) is 10.8 Å². The van der Waals surface area contributed by atoms with Gasteiger partial charge in [-0.15, -0.1) is 17.2 Å². The Kier molecular flexibility index (Phi) is 7.69. The summed E-state index contributed by atoms with van der Waals surface area (Å²) in [5, 5.41) is 7.66. The second kappa shape index (κ2) is 10.7. The Labute approximate surface area is 226 Å². The average molecular weight is 480 g/mol. The van der Waals surface area contributed by atoms with Crippen LogP contribution in [-0.2, 0) is 4.74 Å². The van der Waals surface area contributed by atoms with Crippen molar-refractivity contribution in [2.75, 3.05) is 5.32 Å². The van der Waals surface area contributed by atoms with Crippen molar-refractivity contribution in [1.82, 2.24) is 9.78 Å². The van der Waals surface area contributed by atoms with E-state index in [1.54, 1.807) is 35.9 Å². The van der Waals surface area contributed by atoms with Gasteiger partial charge in [0.1, 0.15) is 6.10 Å². The summed E-state index contributed by atoms with van der Waals surface area (Å²) >= 11 is 6.18. The molecule has 7 heteroatoms. The third kappa shape index (κ3) is 5.68. The van der Waals surface area contributed by atoms with Crippen molar-refractivity contribution in [3.8, 4) is 16.8 Å². The minimum absolute atomic E-state index is 0. The van der Waals surface area contributed by atoms with Crippen molar-refractivity contribution in [3.05, 3.63) is 107 Å². The topological polar surface area (TPSA) is 56.1 Å². The summed E-state index contributed by atoms with van der Waals surface area (Å²) in [4.78, 5) is 12.3. The third-order valence-electron chi connectivity index (χ3n) is 5.70. The molecule has 5 rings (SSSR count). The van der Waals surface area contributed by atoms with Gasteiger partial charge >= 0.3 is 35.7 Å². The number of hydrogen-bond acceptors (Lipinski definition) is 3. The summed E-state index contributed by atoms with van der Waals surface area (Å²) in [5.41, 5.74) is 5.33. The first kappa shape index (κ1) is 24.4. The summed E-state index contributed by atoms with van der Waals surface area (Å²) in [5.74, 6) is 1.95. The number of nitrogens with zero attached hydrogens (tertiary/aromatic N) is 2. The number of carbonyl (C=O) groups excluding carboxylic acids is 1. The first-order valence-electron chi connectivity index (χ1n) is 10.9. The van der Waals surface area contributed by atoms with E-state index in [2.05, 4.69) is 46.8 Å². The normalized spacial score (nSPS) is 13.1. The van der Waals surface area contributed by atoms with Crippen LogP contribution in [-0.4, -0.2) is 15.9 Å². The zero-order chi connectivity index (χ0) is 22.8. The smallest absolute Gasteiger partial charge is 0.441 e. The molecule has 0 unspecified atom stereocenters. The van der Waals surface area contributed by atoms with Crippen LogP contribution in [0.5, 0.6) is 0 Å². The van der Waals surface area contributed by atoms with E-state index in [1.807, 2.05) is 30.3 Å². The molecule has 5 nitrogen and oxygen atoms in total. The maximum absolute atomic E-state index is 12.3. The van der Waals surface area contributed by atoms with Gasteiger partial charge < -0.3 is 4.74 Å². The van der Waals surface area contributed by atoms with Crippen LogP contribution < -0.4 is 34.9 Å². The van der Waals surface area contributed by atoms with Gasteiger partial charge in [0.25, 0.3) is 0 Å². The molecule has 4 aromatic rings. The molecule has 0 spiro atoms. The molecule has 1 saturated carbocycles. The predicted molar refractivity (Wildman–Crippen MR) is 131 cm³/mol. The van der Waals surface area contributed by atoms with Crippen LogP contribution in [0.1, 0.15) is 37.0 Å². The van der Waals surface area contributed by atoms with Gasteiger partial charge in [-0.05, 0) is 36.2 Å². The first-order chi connectivity index (χ1) is 16.1. The molecule has 166 valence electrons. The summed E-state index contributed by atoms with van der Waals surface area (Å²) in [6, 6.07) is 25.9. The van der Waals surface area contributed by atoms with Gasteiger partial charge in [-0.2, -0.15) is 23.6 Å². The number of hydrogen-bond donors (Lipinski definition) is 1. The van der Waals surface area contributed by atoms with E-state index in [9.17, 15) is 4.79 Å². The van der Waals surface area contributed by atoms with Gasteiger partial charge in [-0.25, -0.2) is 9.48 Å². The summed E-state index contributed by atoms with van der Waals surface area (Å²) in [7, 11) is 0. The van der Waals surface area contributed by atoms with Crippen LogP contribution in [0.15, 0.2) is 85.1 Å². The fraction of sp³-hybridized carbons (Fsp3) is 0.148. The largest absolute Gasteiger partial charge is 1.00 e. The molecule has 1 heterocycles. The molecule has 0 aliphatic heterocycles. The van der Waals surface area contributed by atoms with E-state index in [-0.39, 0.29) is 29.6 Å². The van der Waals surface area contributed by atoms with Crippen molar-refractivity contribution in [3.63, 3.8) is 0 Å². The van der Waals surface area contributed by atoms with E-state index in [4.69, 9.17) is 16.3 Å². The predicted octanol–water partition coefficient (Wildman–Crippen LogP) is 4.22. The number of amides is 1. The maximum atomic E-state index is 12.3. The van der Waals surface area contributed by atoms with Crippen molar-refractivity contribution in [2.24, 2.45) is 0 Å². The van der Waals surface area contributed by atoms with Gasteiger partial charge in [0, 0.05) is 22.8 Å². The Hall–Kier alpha value is -2.70. The van der Waals surface area contributed by atoms with Crippen LogP contribution in [0.25, 0.3) is 16.8 Å². The van der Waals surface area contributed by atoms with E-state index in [0.717, 1.165) is 16.8 Å². The van der Waals surface area contributed by atoms with Gasteiger partial charge in [0.15, 0.2) is 5.82 Å². The monoisotopic (exact) mass is 479 g/mol. The van der Waals surface area contributed by atoms with E-state index < -0.39 is 12.2 Å². The molecule has 1 fully saturated rings. The first-order valence-corrected chi connectivity index (χ1v) is 11.3. The van der Waals surface area contributed by atoms with Gasteiger partial charge in [0.05, 0.1) is 5.69 Å². The molecule has 1 aliphatic carbocycles. The molecular formula is C27H23ClN3NaO2. The van der Waals surface area contributed by atoms with Crippen LogP contribution in [0.4, 0.5) is 10.6 Å². The molecule has 34 heavy (non-hydrogen) atoms. The Balaban J connectivity index is 0.00000274. The molecule has 0 radical (unpaired) electrons. The molecule has 3 aromatic carbocycles. The van der Waals surface area contributed by atoms with E-state index >= 15 is 0 Å². The average Bonchev–Trinajstić information content (AvgIpc) is 3.58. The van der Waals surface area contributed by atoms with Crippen molar-refractivity contribution in [2.45, 2.75) is 25.9 Å². The minimum atomic E-state index is -0.587. The maximum Gasteiger partial charge on any atom is 1.00 e. The number of rotatable bonds is 6. The van der Waals surface area contributed by atoms with Crippen LogP contribution in [0.2, 0.25) is 5.02 Å². The van der Waals surface area contributed by atoms with Gasteiger partial charge in [-0.1, -0.05) is 54.8 Å². The molecule has 1 N–H and O–H groups in total. The van der Waals surface area contributed by atoms with Crippen LogP contribution >= 0.6 is 11.6 Å². The number of halogens is 1. The second-order valence-electron chi connectivity index (χ2n) is 8.07. The SMILES string of the molecule is C[C@@H](OC(=O)Nc1ccn(-c2ccc(-c3ccc([C-]4CC4)cc3)cc2)n1)c1ccccc1Cl.[Na+]. The number of carbonyl (C=O) groups is 1. The Morgan fingerprint density at radius 1 is 1.00 bits per heavy atom. The Morgan fingerprint density at radius 2 is 1.65 bits per heavy atom. The van der Waals surface area contributed by atoms with Crippen molar-refractivity contribution >= 4 is 23.5 Å². The number of aromatic nitrogens is 2.